The molecular formula is C20H37N5O7. The van der Waals surface area contributed by atoms with E-state index >= 15 is 0 Å². The highest BCUT2D eigenvalue weighted by atomic mass is 16.4. The predicted octanol–water partition coefficient (Wildman–Crippen LogP) is -1.09. The van der Waals surface area contributed by atoms with Gasteiger partial charge in [-0.05, 0) is 51.5 Å². The van der Waals surface area contributed by atoms with E-state index in [0.29, 0.717) is 19.4 Å². The molecule has 32 heavy (non-hydrogen) atoms. The summed E-state index contributed by atoms with van der Waals surface area (Å²) in [4.78, 5) is 59.3. The molecule has 0 spiro atoms. The molecule has 0 aromatic carbocycles. The number of amides is 3. The average Bonchev–Trinajstić information content (AvgIpc) is 2.69. The third-order valence-corrected chi connectivity index (χ3v) is 4.66. The first kappa shape index (κ1) is 29.3. The third-order valence-electron chi connectivity index (χ3n) is 4.66. The first-order valence-corrected chi connectivity index (χ1v) is 10.7. The molecule has 0 radical (unpaired) electrons. The Balaban J connectivity index is 5.03. The van der Waals surface area contributed by atoms with Gasteiger partial charge in [-0.3, -0.25) is 19.2 Å². The van der Waals surface area contributed by atoms with E-state index in [9.17, 15) is 29.1 Å². The van der Waals surface area contributed by atoms with Gasteiger partial charge in [-0.25, -0.2) is 4.79 Å². The van der Waals surface area contributed by atoms with E-state index in [2.05, 4.69) is 16.0 Å². The molecule has 3 amide bonds. The zero-order valence-electron chi connectivity index (χ0n) is 18.9. The number of carboxylic acid groups (broad SMARTS) is 2. The molecule has 12 nitrogen and oxygen atoms in total. The molecule has 0 aromatic heterocycles. The third kappa shape index (κ3) is 12.2. The first-order valence-electron chi connectivity index (χ1n) is 10.7. The predicted molar refractivity (Wildman–Crippen MR) is 116 cm³/mol. The highest BCUT2D eigenvalue weighted by molar-refractivity contribution is 5.93. The summed E-state index contributed by atoms with van der Waals surface area (Å²) >= 11 is 0. The molecule has 4 atom stereocenters. The van der Waals surface area contributed by atoms with Gasteiger partial charge in [-0.1, -0.05) is 13.8 Å². The molecule has 4 unspecified atom stereocenters. The van der Waals surface area contributed by atoms with Crippen LogP contribution in [0.4, 0.5) is 0 Å². The summed E-state index contributed by atoms with van der Waals surface area (Å²) in [5, 5.41) is 25.4. The summed E-state index contributed by atoms with van der Waals surface area (Å²) in [6.07, 6.45) is 1.24. The minimum absolute atomic E-state index is 0.0147. The van der Waals surface area contributed by atoms with Crippen molar-refractivity contribution in [3.63, 3.8) is 0 Å². The number of hydrogen-bond acceptors (Lipinski definition) is 7. The summed E-state index contributed by atoms with van der Waals surface area (Å²) in [5.74, 6) is -4.24. The maximum absolute atomic E-state index is 12.7. The lowest BCUT2D eigenvalue weighted by molar-refractivity contribution is -0.142. The molecule has 0 aliphatic heterocycles. The second-order valence-electron chi connectivity index (χ2n) is 8.14. The fourth-order valence-corrected chi connectivity index (χ4v) is 2.82. The van der Waals surface area contributed by atoms with Gasteiger partial charge in [0.2, 0.25) is 17.7 Å². The van der Waals surface area contributed by atoms with Crippen molar-refractivity contribution in [2.45, 2.75) is 83.5 Å². The lowest BCUT2D eigenvalue weighted by Crippen LogP contribution is -2.56. The summed E-state index contributed by atoms with van der Waals surface area (Å²) in [5.41, 5.74) is 11.0. The maximum Gasteiger partial charge on any atom is 0.326 e. The fourth-order valence-electron chi connectivity index (χ4n) is 2.82. The molecule has 0 rings (SSSR count). The Hall–Kier alpha value is -2.73. The summed E-state index contributed by atoms with van der Waals surface area (Å²) < 4.78 is 0. The molecular weight excluding hydrogens is 422 g/mol. The van der Waals surface area contributed by atoms with Gasteiger partial charge in [0, 0.05) is 6.42 Å². The van der Waals surface area contributed by atoms with Crippen molar-refractivity contribution >= 4 is 29.7 Å². The van der Waals surface area contributed by atoms with E-state index in [4.69, 9.17) is 16.6 Å². The Morgan fingerprint density at radius 1 is 0.812 bits per heavy atom. The number of hydrogen-bond donors (Lipinski definition) is 7. The summed E-state index contributed by atoms with van der Waals surface area (Å²) in [7, 11) is 0. The van der Waals surface area contributed by atoms with Crippen LogP contribution in [-0.4, -0.2) is 70.6 Å². The molecule has 0 aromatic rings. The number of unbranched alkanes of at least 4 members (excludes halogenated alkanes) is 1. The van der Waals surface area contributed by atoms with Crippen molar-refractivity contribution in [1.82, 2.24) is 16.0 Å². The molecule has 9 N–H and O–H groups in total. The highest BCUT2D eigenvalue weighted by Crippen LogP contribution is 2.08. The number of carbonyl (C=O) groups is 5. The summed E-state index contributed by atoms with van der Waals surface area (Å²) in [6, 6.07) is -4.24. The molecule has 184 valence electrons. The van der Waals surface area contributed by atoms with Crippen LogP contribution in [0.5, 0.6) is 0 Å². The normalized spacial score (nSPS) is 14.7. The van der Waals surface area contributed by atoms with Crippen molar-refractivity contribution in [1.29, 1.82) is 0 Å². The molecule has 0 saturated carbocycles. The van der Waals surface area contributed by atoms with Crippen LogP contribution in [0, 0.1) is 5.92 Å². The number of nitrogens with two attached hydrogens (primary N) is 2. The Bertz CT molecular complexity index is 656. The Morgan fingerprint density at radius 3 is 1.91 bits per heavy atom. The Kier molecular flexibility index (Phi) is 13.8. The minimum Gasteiger partial charge on any atom is -0.481 e. The number of carbonyl (C=O) groups excluding carboxylic acids is 3. The van der Waals surface area contributed by atoms with Crippen LogP contribution in [0.15, 0.2) is 0 Å². The van der Waals surface area contributed by atoms with Gasteiger partial charge in [-0.15, -0.1) is 0 Å². The van der Waals surface area contributed by atoms with E-state index in [1.54, 1.807) is 0 Å². The van der Waals surface area contributed by atoms with Gasteiger partial charge in [0.1, 0.15) is 18.1 Å². The largest absolute Gasteiger partial charge is 0.481 e. The van der Waals surface area contributed by atoms with Crippen LogP contribution in [-0.2, 0) is 24.0 Å². The molecule has 0 bridgehead atoms. The molecule has 0 fully saturated rings. The van der Waals surface area contributed by atoms with Crippen LogP contribution < -0.4 is 27.4 Å². The van der Waals surface area contributed by atoms with Crippen LogP contribution in [0.3, 0.4) is 0 Å². The highest BCUT2D eigenvalue weighted by Gasteiger charge is 2.29. The van der Waals surface area contributed by atoms with E-state index < -0.39 is 53.8 Å². The lowest BCUT2D eigenvalue weighted by Gasteiger charge is -2.24. The van der Waals surface area contributed by atoms with Crippen molar-refractivity contribution in [2.24, 2.45) is 17.4 Å². The van der Waals surface area contributed by atoms with Gasteiger partial charge >= 0.3 is 11.9 Å². The average molecular weight is 460 g/mol. The smallest absolute Gasteiger partial charge is 0.326 e. The molecule has 0 aliphatic rings. The van der Waals surface area contributed by atoms with Crippen molar-refractivity contribution in [3.05, 3.63) is 0 Å². The molecule has 0 saturated heterocycles. The lowest BCUT2D eigenvalue weighted by atomic mass is 10.0. The zero-order valence-corrected chi connectivity index (χ0v) is 18.9. The van der Waals surface area contributed by atoms with Crippen LogP contribution >= 0.6 is 0 Å². The second kappa shape index (κ2) is 15.1. The number of nitrogens with one attached hydrogen (secondary N) is 3. The zero-order chi connectivity index (χ0) is 24.8. The molecule has 0 heterocycles. The quantitative estimate of drug-likeness (QED) is 0.139. The van der Waals surface area contributed by atoms with Gasteiger partial charge in [-0.2, -0.15) is 0 Å². The van der Waals surface area contributed by atoms with Crippen molar-refractivity contribution in [3.8, 4) is 0 Å². The minimum atomic E-state index is -1.18. The summed E-state index contributed by atoms with van der Waals surface area (Å²) in [6.45, 7) is 5.49. The van der Waals surface area contributed by atoms with Gasteiger partial charge in [0.15, 0.2) is 0 Å². The Morgan fingerprint density at radius 2 is 1.41 bits per heavy atom. The van der Waals surface area contributed by atoms with E-state index in [-0.39, 0.29) is 31.6 Å². The molecule has 12 heteroatoms. The van der Waals surface area contributed by atoms with Crippen molar-refractivity contribution in [2.75, 3.05) is 6.54 Å². The number of rotatable bonds is 16. The van der Waals surface area contributed by atoms with E-state index in [1.165, 1.54) is 6.92 Å². The van der Waals surface area contributed by atoms with E-state index in [0.717, 1.165) is 0 Å². The van der Waals surface area contributed by atoms with Crippen LogP contribution in [0.25, 0.3) is 0 Å². The Labute approximate surface area is 187 Å². The van der Waals surface area contributed by atoms with Gasteiger partial charge in [0.25, 0.3) is 0 Å². The number of aliphatic carboxylic acids is 2. The first-order chi connectivity index (χ1) is 14.9. The van der Waals surface area contributed by atoms with Gasteiger partial charge in [0.05, 0.1) is 6.04 Å². The molecule has 0 aliphatic carbocycles. The fraction of sp³-hybridized carbons (Fsp3) is 0.750. The SMILES string of the molecule is CC(C)CC(NC(=O)C(C)NC(=O)C(N)CCC(=O)O)C(=O)NC(CCCCN)C(=O)O. The van der Waals surface area contributed by atoms with Gasteiger partial charge < -0.3 is 37.6 Å². The van der Waals surface area contributed by atoms with Crippen LogP contribution in [0.1, 0.15) is 59.3 Å². The standard InChI is InChI=1S/C20H37N5O7/c1-11(2)10-15(19(30)24-14(20(31)32)6-4-5-9-21)25-17(28)12(3)23-18(29)13(22)7-8-16(26)27/h11-15H,4-10,21-22H2,1-3H3,(H,23,29)(H,24,30)(H,25,28)(H,26,27)(H,31,32). The topological polar surface area (TPSA) is 214 Å². The number of carboxylic acids is 2. The second-order valence-corrected chi connectivity index (χ2v) is 8.14. The van der Waals surface area contributed by atoms with E-state index in [1.807, 2.05) is 13.8 Å². The van der Waals surface area contributed by atoms with Crippen molar-refractivity contribution < 1.29 is 34.2 Å². The van der Waals surface area contributed by atoms with Crippen LogP contribution in [0.2, 0.25) is 0 Å². The maximum atomic E-state index is 12.7. The monoisotopic (exact) mass is 459 g/mol.